The van der Waals surface area contributed by atoms with Crippen molar-refractivity contribution in [1.29, 1.82) is 0 Å². The molecule has 33 heavy (non-hydrogen) atoms. The minimum atomic E-state index is -1.78. The van der Waals surface area contributed by atoms with Crippen LogP contribution in [0.2, 0.25) is 0 Å². The van der Waals surface area contributed by atoms with E-state index in [0.29, 0.717) is 27.6 Å². The molecule has 0 aliphatic rings. The van der Waals surface area contributed by atoms with Gasteiger partial charge in [0.05, 0.1) is 11.0 Å². The quantitative estimate of drug-likeness (QED) is 0.381. The minimum absolute atomic E-state index is 0.345. The second kappa shape index (κ2) is 7.32. The number of ether oxygens (including phenoxy) is 1. The Morgan fingerprint density at radius 2 is 1.27 bits per heavy atom. The molecular formula is C25H18N6O2. The second-order valence-electron chi connectivity index (χ2n) is 7.68. The van der Waals surface area contributed by atoms with Crippen LogP contribution in [0.25, 0.3) is 32.8 Å². The van der Waals surface area contributed by atoms with Gasteiger partial charge < -0.3 is 4.74 Å². The van der Waals surface area contributed by atoms with Gasteiger partial charge in [-0.15, -0.1) is 10.2 Å². The topological polar surface area (TPSA) is 87.7 Å². The molecule has 8 heteroatoms. The van der Waals surface area contributed by atoms with E-state index >= 15 is 0 Å². The number of para-hydroxylation sites is 2. The molecule has 0 fully saturated rings. The number of rotatable bonds is 5. The smallest absolute Gasteiger partial charge is 0.330 e. The van der Waals surface area contributed by atoms with Gasteiger partial charge in [-0.05, 0) is 41.1 Å². The molecule has 6 rings (SSSR count). The number of methoxy groups -OCH3 is 1. The zero-order valence-electron chi connectivity index (χ0n) is 17.7. The largest absolute Gasteiger partial charge is 0.332 e. The molecule has 0 spiro atoms. The molecule has 160 valence electrons. The summed E-state index contributed by atoms with van der Waals surface area (Å²) in [6.07, 6.45) is 0. The number of hydrogen-bond acceptors (Lipinski definition) is 6. The lowest BCUT2D eigenvalue weighted by Gasteiger charge is -2.31. The zero-order valence-corrected chi connectivity index (χ0v) is 17.7. The van der Waals surface area contributed by atoms with Crippen LogP contribution in [0.3, 0.4) is 0 Å². The maximum absolute atomic E-state index is 14.3. The van der Waals surface area contributed by atoms with Gasteiger partial charge in [0.25, 0.3) is 0 Å². The van der Waals surface area contributed by atoms with Crippen molar-refractivity contribution in [3.63, 3.8) is 0 Å². The summed E-state index contributed by atoms with van der Waals surface area (Å²) >= 11 is 0. The van der Waals surface area contributed by atoms with E-state index in [1.807, 2.05) is 84.9 Å². The number of carbonyl (C=O) groups excluding carboxylic acids is 1. The van der Waals surface area contributed by atoms with Crippen molar-refractivity contribution >= 4 is 38.6 Å². The monoisotopic (exact) mass is 434 g/mol. The fourth-order valence-electron chi connectivity index (χ4n) is 4.25. The summed E-state index contributed by atoms with van der Waals surface area (Å²) in [5.74, 6) is -2.13. The summed E-state index contributed by atoms with van der Waals surface area (Å²) < 4.78 is 8.99. The number of ketones is 1. The molecule has 2 aromatic heterocycles. The highest BCUT2D eigenvalue weighted by molar-refractivity contribution is 6.04. The average Bonchev–Trinajstić information content (AvgIpc) is 3.50. The molecule has 4 aromatic carbocycles. The van der Waals surface area contributed by atoms with Crippen molar-refractivity contribution in [1.82, 2.24) is 30.0 Å². The van der Waals surface area contributed by atoms with Gasteiger partial charge in [0.1, 0.15) is 11.0 Å². The molecule has 0 atom stereocenters. The third kappa shape index (κ3) is 2.78. The first-order chi connectivity index (χ1) is 16.2. The first-order valence-corrected chi connectivity index (χ1v) is 10.4. The fourth-order valence-corrected chi connectivity index (χ4v) is 4.25. The number of benzene rings is 4. The van der Waals surface area contributed by atoms with E-state index in [1.54, 1.807) is 6.07 Å². The molecule has 0 unspecified atom stereocenters. The number of aromatic nitrogens is 6. The van der Waals surface area contributed by atoms with E-state index in [2.05, 4.69) is 20.6 Å². The van der Waals surface area contributed by atoms with E-state index in [-0.39, 0.29) is 5.78 Å². The maximum Gasteiger partial charge on any atom is 0.330 e. The van der Waals surface area contributed by atoms with Gasteiger partial charge in [0.2, 0.25) is 5.78 Å². The summed E-state index contributed by atoms with van der Waals surface area (Å²) in [7, 11) is 1.46. The highest BCUT2D eigenvalue weighted by Crippen LogP contribution is 2.31. The van der Waals surface area contributed by atoms with Gasteiger partial charge in [-0.1, -0.05) is 71.1 Å². The highest BCUT2D eigenvalue weighted by atomic mass is 16.5. The van der Waals surface area contributed by atoms with E-state index in [1.165, 1.54) is 16.5 Å². The van der Waals surface area contributed by atoms with Gasteiger partial charge in [0, 0.05) is 12.7 Å². The molecule has 0 amide bonds. The number of nitrogens with zero attached hydrogens (tertiary/aromatic N) is 6. The molecule has 0 saturated heterocycles. The average molecular weight is 434 g/mol. The number of carbonyl (C=O) groups is 1. The Labute approximate surface area is 188 Å². The molecule has 6 aromatic rings. The zero-order chi connectivity index (χ0) is 22.4. The molecule has 8 nitrogen and oxygen atoms in total. The highest BCUT2D eigenvalue weighted by Gasteiger charge is 2.48. The first kappa shape index (κ1) is 19.3. The van der Waals surface area contributed by atoms with Gasteiger partial charge in [-0.2, -0.15) is 9.36 Å². The van der Waals surface area contributed by atoms with Gasteiger partial charge >= 0.3 is 5.85 Å². The van der Waals surface area contributed by atoms with E-state index < -0.39 is 5.85 Å². The summed E-state index contributed by atoms with van der Waals surface area (Å²) in [5, 5.41) is 19.2. The second-order valence-corrected chi connectivity index (χ2v) is 7.68. The standard InChI is InChI=1S/C25H18N6O2/c1-33-25(30-22-12-6-4-10-20(22)26-28-30,31-23-13-7-5-11-21(23)27-29-31)24(32)19-15-14-17-8-2-3-9-18(17)16-19/h2-16H,1H3. The predicted octanol–water partition coefficient (Wildman–Crippen LogP) is 4.02. The van der Waals surface area contributed by atoms with Crippen LogP contribution in [0.5, 0.6) is 0 Å². The molecular weight excluding hydrogens is 416 g/mol. The van der Waals surface area contributed by atoms with Crippen molar-refractivity contribution in [2.75, 3.05) is 7.11 Å². The van der Waals surface area contributed by atoms with Crippen LogP contribution in [-0.2, 0) is 10.6 Å². The molecule has 2 heterocycles. The number of fused-ring (bicyclic) bond motifs is 3. The Morgan fingerprint density at radius 1 is 0.727 bits per heavy atom. The van der Waals surface area contributed by atoms with Crippen molar-refractivity contribution in [2.24, 2.45) is 0 Å². The van der Waals surface area contributed by atoms with E-state index in [9.17, 15) is 4.79 Å². The fraction of sp³-hybridized carbons (Fsp3) is 0.0800. The van der Waals surface area contributed by atoms with E-state index in [4.69, 9.17) is 4.74 Å². The van der Waals surface area contributed by atoms with Gasteiger partial charge in [-0.3, -0.25) is 4.79 Å². The Bertz CT molecular complexity index is 1580. The summed E-state index contributed by atoms with van der Waals surface area (Å²) in [6, 6.07) is 28.2. The van der Waals surface area contributed by atoms with E-state index in [0.717, 1.165) is 10.8 Å². The predicted molar refractivity (Wildman–Crippen MR) is 124 cm³/mol. The summed E-state index contributed by atoms with van der Waals surface area (Å²) in [4.78, 5) is 14.3. The SMILES string of the molecule is COC(C(=O)c1ccc2ccccc2c1)(n1nnc2ccccc21)n1nnc2ccccc21. The Kier molecular flexibility index (Phi) is 4.27. The van der Waals surface area contributed by atoms with Crippen LogP contribution in [0.4, 0.5) is 0 Å². The van der Waals surface area contributed by atoms with Crippen molar-refractivity contribution in [3.8, 4) is 0 Å². The van der Waals surface area contributed by atoms with Gasteiger partial charge in [-0.25, -0.2) is 0 Å². The van der Waals surface area contributed by atoms with Crippen LogP contribution in [0.15, 0.2) is 91.0 Å². The molecule has 0 aliphatic carbocycles. The minimum Gasteiger partial charge on any atom is -0.332 e. The van der Waals surface area contributed by atoms with Crippen LogP contribution < -0.4 is 0 Å². The molecule has 0 radical (unpaired) electrons. The summed E-state index contributed by atoms with van der Waals surface area (Å²) in [5.41, 5.74) is 2.99. The Hall–Kier alpha value is -4.43. The Balaban J connectivity index is 1.67. The Morgan fingerprint density at radius 3 is 1.88 bits per heavy atom. The molecule has 0 saturated carbocycles. The molecule has 0 N–H and O–H groups in total. The normalized spacial score (nSPS) is 12.0. The van der Waals surface area contributed by atoms with Crippen LogP contribution >= 0.6 is 0 Å². The lowest BCUT2D eigenvalue weighted by atomic mass is 10.0. The van der Waals surface area contributed by atoms with Crippen LogP contribution in [0.1, 0.15) is 10.4 Å². The number of hydrogen-bond donors (Lipinski definition) is 0. The van der Waals surface area contributed by atoms with Crippen LogP contribution in [0, 0.1) is 0 Å². The molecule has 0 bridgehead atoms. The van der Waals surface area contributed by atoms with Crippen molar-refractivity contribution < 1.29 is 9.53 Å². The molecule has 0 aliphatic heterocycles. The van der Waals surface area contributed by atoms with Gasteiger partial charge in [0.15, 0.2) is 0 Å². The number of Topliss-reactive ketones (excluding diaryl/α,β-unsaturated/α-hetero) is 1. The lowest BCUT2D eigenvalue weighted by molar-refractivity contribution is -0.0827. The van der Waals surface area contributed by atoms with Crippen molar-refractivity contribution in [3.05, 3.63) is 96.6 Å². The van der Waals surface area contributed by atoms with Crippen LogP contribution in [-0.4, -0.2) is 42.9 Å². The summed E-state index contributed by atoms with van der Waals surface area (Å²) in [6.45, 7) is 0. The van der Waals surface area contributed by atoms with Crippen molar-refractivity contribution in [2.45, 2.75) is 5.85 Å². The lowest BCUT2D eigenvalue weighted by Crippen LogP contribution is -2.51. The third-order valence-corrected chi connectivity index (χ3v) is 5.87. The third-order valence-electron chi connectivity index (χ3n) is 5.87. The maximum atomic E-state index is 14.3. The first-order valence-electron chi connectivity index (χ1n) is 10.4.